The van der Waals surface area contributed by atoms with Gasteiger partial charge in [-0.2, -0.15) is 5.10 Å². The first-order valence-corrected chi connectivity index (χ1v) is 9.83. The molecule has 0 saturated heterocycles. The van der Waals surface area contributed by atoms with Crippen LogP contribution in [0.25, 0.3) is 0 Å². The molecule has 0 aliphatic carbocycles. The minimum Gasteiger partial charge on any atom is -0.423 e. The number of hydrogen-bond acceptors (Lipinski definition) is 4. The van der Waals surface area contributed by atoms with Crippen molar-refractivity contribution in [2.24, 2.45) is 5.10 Å². The van der Waals surface area contributed by atoms with E-state index in [-0.39, 0.29) is 16.5 Å². The van der Waals surface area contributed by atoms with Crippen molar-refractivity contribution in [1.82, 2.24) is 5.43 Å². The molecular formula is C21H13BrCl2N2O3. The number of nitrogens with zero attached hydrogens (tertiary/aromatic N) is 1. The maximum absolute atomic E-state index is 12.2. The Morgan fingerprint density at radius 2 is 1.76 bits per heavy atom. The van der Waals surface area contributed by atoms with E-state index in [2.05, 4.69) is 26.5 Å². The van der Waals surface area contributed by atoms with E-state index in [9.17, 15) is 9.59 Å². The van der Waals surface area contributed by atoms with Gasteiger partial charge in [0.05, 0.1) is 16.8 Å². The zero-order valence-corrected chi connectivity index (χ0v) is 17.8. The Balaban J connectivity index is 1.59. The molecule has 0 fully saturated rings. The van der Waals surface area contributed by atoms with Crippen molar-refractivity contribution in [3.05, 3.63) is 97.9 Å². The Morgan fingerprint density at radius 3 is 2.45 bits per heavy atom. The predicted molar refractivity (Wildman–Crippen MR) is 117 cm³/mol. The number of carbonyl (C=O) groups excluding carboxylic acids is 2. The van der Waals surface area contributed by atoms with Crippen LogP contribution in [0, 0.1) is 0 Å². The normalized spacial score (nSPS) is 10.7. The third kappa shape index (κ3) is 5.90. The molecule has 29 heavy (non-hydrogen) atoms. The van der Waals surface area contributed by atoms with E-state index < -0.39 is 5.97 Å². The number of nitrogens with one attached hydrogen (secondary N) is 1. The van der Waals surface area contributed by atoms with Gasteiger partial charge in [0.25, 0.3) is 5.91 Å². The maximum Gasteiger partial charge on any atom is 0.345 e. The summed E-state index contributed by atoms with van der Waals surface area (Å²) in [5.41, 5.74) is 3.87. The first kappa shape index (κ1) is 21.0. The van der Waals surface area contributed by atoms with E-state index in [0.717, 1.165) is 4.47 Å². The Hall–Kier alpha value is -2.67. The summed E-state index contributed by atoms with van der Waals surface area (Å²) >= 11 is 15.2. The lowest BCUT2D eigenvalue weighted by Gasteiger charge is -2.06. The molecule has 1 amide bonds. The number of amides is 1. The van der Waals surface area contributed by atoms with Crippen molar-refractivity contribution in [1.29, 1.82) is 0 Å². The number of esters is 1. The van der Waals surface area contributed by atoms with Crippen LogP contribution in [0.3, 0.4) is 0 Å². The molecule has 3 rings (SSSR count). The average molecular weight is 492 g/mol. The number of benzene rings is 3. The molecule has 8 heteroatoms. The standard InChI is InChI=1S/C21H13BrCl2N2O3/c22-15-3-1-2-14(10-15)20(27)26-25-12-13-4-7-17(8-5-13)29-21(28)18-9-6-16(23)11-19(18)24/h1-12H,(H,26,27). The number of rotatable bonds is 5. The molecule has 3 aromatic rings. The average Bonchev–Trinajstić information content (AvgIpc) is 2.69. The molecule has 0 saturated carbocycles. The largest absolute Gasteiger partial charge is 0.423 e. The smallest absolute Gasteiger partial charge is 0.345 e. The number of hydrazone groups is 1. The van der Waals surface area contributed by atoms with Crippen molar-refractivity contribution in [2.75, 3.05) is 0 Å². The van der Waals surface area contributed by atoms with Crippen molar-refractivity contribution >= 4 is 57.2 Å². The van der Waals surface area contributed by atoms with E-state index in [1.807, 2.05) is 6.07 Å². The summed E-state index contributed by atoms with van der Waals surface area (Å²) in [4.78, 5) is 24.2. The van der Waals surface area contributed by atoms with Crippen molar-refractivity contribution in [3.8, 4) is 5.75 Å². The monoisotopic (exact) mass is 490 g/mol. The predicted octanol–water partition coefficient (Wildman–Crippen LogP) is 5.74. The lowest BCUT2D eigenvalue weighted by atomic mass is 10.2. The number of hydrogen-bond donors (Lipinski definition) is 1. The van der Waals surface area contributed by atoms with Crippen LogP contribution >= 0.6 is 39.1 Å². The third-order valence-corrected chi connectivity index (χ3v) is 4.75. The van der Waals surface area contributed by atoms with E-state index in [4.69, 9.17) is 27.9 Å². The zero-order chi connectivity index (χ0) is 20.8. The van der Waals surface area contributed by atoms with Gasteiger partial charge in [0.2, 0.25) is 0 Å². The number of carbonyl (C=O) groups is 2. The molecule has 0 unspecified atom stereocenters. The number of halogens is 3. The SMILES string of the molecule is O=C(NN=Cc1ccc(OC(=O)c2ccc(Cl)cc2Cl)cc1)c1cccc(Br)c1. The van der Waals surface area contributed by atoms with Gasteiger partial charge in [-0.05, 0) is 66.2 Å². The highest BCUT2D eigenvalue weighted by atomic mass is 79.9. The van der Waals surface area contributed by atoms with E-state index in [1.165, 1.54) is 18.3 Å². The van der Waals surface area contributed by atoms with Gasteiger partial charge < -0.3 is 4.74 Å². The molecule has 146 valence electrons. The summed E-state index contributed by atoms with van der Waals surface area (Å²) < 4.78 is 6.11. The van der Waals surface area contributed by atoms with Gasteiger partial charge in [-0.1, -0.05) is 45.2 Å². The van der Waals surface area contributed by atoms with Crippen LogP contribution in [0.4, 0.5) is 0 Å². The van der Waals surface area contributed by atoms with Gasteiger partial charge in [0.1, 0.15) is 5.75 Å². The lowest BCUT2D eigenvalue weighted by Crippen LogP contribution is -2.17. The van der Waals surface area contributed by atoms with Crippen molar-refractivity contribution in [3.63, 3.8) is 0 Å². The highest BCUT2D eigenvalue weighted by Gasteiger charge is 2.13. The van der Waals surface area contributed by atoms with E-state index in [1.54, 1.807) is 48.5 Å². The van der Waals surface area contributed by atoms with Gasteiger partial charge in [0.15, 0.2) is 0 Å². The second-order valence-corrected chi connectivity index (χ2v) is 7.55. The fourth-order valence-electron chi connectivity index (χ4n) is 2.30. The molecule has 5 nitrogen and oxygen atoms in total. The van der Waals surface area contributed by atoms with Crippen LogP contribution in [0.1, 0.15) is 26.3 Å². The molecule has 0 aromatic heterocycles. The molecule has 0 aliphatic rings. The second-order valence-electron chi connectivity index (χ2n) is 5.79. The minimum atomic E-state index is -0.589. The molecule has 3 aromatic carbocycles. The van der Waals surface area contributed by atoms with E-state index in [0.29, 0.717) is 21.9 Å². The van der Waals surface area contributed by atoms with Crippen molar-refractivity contribution in [2.45, 2.75) is 0 Å². The van der Waals surface area contributed by atoms with Crippen LogP contribution in [-0.2, 0) is 0 Å². The quantitative estimate of drug-likeness (QED) is 0.214. The van der Waals surface area contributed by atoms with Gasteiger partial charge in [-0.25, -0.2) is 10.2 Å². The molecule has 0 bridgehead atoms. The molecule has 0 atom stereocenters. The van der Waals surface area contributed by atoms with Gasteiger partial charge in [-0.3, -0.25) is 4.79 Å². The maximum atomic E-state index is 12.2. The lowest BCUT2D eigenvalue weighted by molar-refractivity contribution is 0.0734. The van der Waals surface area contributed by atoms with Gasteiger partial charge in [-0.15, -0.1) is 0 Å². The summed E-state index contributed by atoms with van der Waals surface area (Å²) in [5, 5.41) is 4.58. The molecule has 0 heterocycles. The molecular weight excluding hydrogens is 479 g/mol. The molecule has 0 spiro atoms. The Kier molecular flexibility index (Phi) is 7.04. The fraction of sp³-hybridized carbons (Fsp3) is 0. The van der Waals surface area contributed by atoms with Crippen LogP contribution in [0.5, 0.6) is 5.75 Å². The topological polar surface area (TPSA) is 67.8 Å². The fourth-order valence-corrected chi connectivity index (χ4v) is 3.18. The van der Waals surface area contributed by atoms with Gasteiger partial charge in [0, 0.05) is 15.1 Å². The Labute approximate surface area is 185 Å². The van der Waals surface area contributed by atoms with Crippen molar-refractivity contribution < 1.29 is 14.3 Å². The van der Waals surface area contributed by atoms with Crippen LogP contribution < -0.4 is 10.2 Å². The van der Waals surface area contributed by atoms with E-state index >= 15 is 0 Å². The Bertz CT molecular complexity index is 1090. The Morgan fingerprint density at radius 1 is 1.00 bits per heavy atom. The summed E-state index contributed by atoms with van der Waals surface area (Å²) in [6.07, 6.45) is 1.48. The highest BCUT2D eigenvalue weighted by Crippen LogP contribution is 2.23. The third-order valence-electron chi connectivity index (χ3n) is 3.71. The van der Waals surface area contributed by atoms with Gasteiger partial charge >= 0.3 is 5.97 Å². The molecule has 1 N–H and O–H groups in total. The molecule has 0 aliphatic heterocycles. The van der Waals surface area contributed by atoms with Crippen LogP contribution in [0.2, 0.25) is 10.0 Å². The summed E-state index contributed by atoms with van der Waals surface area (Å²) in [6, 6.07) is 18.1. The summed E-state index contributed by atoms with van der Waals surface area (Å²) in [7, 11) is 0. The molecule has 0 radical (unpaired) electrons. The van der Waals surface area contributed by atoms with Crippen LogP contribution in [-0.4, -0.2) is 18.1 Å². The second kappa shape index (κ2) is 9.69. The summed E-state index contributed by atoms with van der Waals surface area (Å²) in [5.74, 6) is -0.571. The minimum absolute atomic E-state index is 0.215. The zero-order valence-electron chi connectivity index (χ0n) is 14.7. The first-order valence-electron chi connectivity index (χ1n) is 8.28. The van der Waals surface area contributed by atoms with Crippen LogP contribution in [0.15, 0.2) is 76.3 Å². The highest BCUT2D eigenvalue weighted by molar-refractivity contribution is 9.10. The number of ether oxygens (including phenoxy) is 1. The first-order chi connectivity index (χ1) is 13.9. The summed E-state index contributed by atoms with van der Waals surface area (Å²) in [6.45, 7) is 0.